The van der Waals surface area contributed by atoms with E-state index in [0.29, 0.717) is 11.1 Å². The van der Waals surface area contributed by atoms with E-state index in [-0.39, 0.29) is 0 Å². The van der Waals surface area contributed by atoms with E-state index < -0.39 is 0 Å². The van der Waals surface area contributed by atoms with Gasteiger partial charge < -0.3 is 0 Å². The van der Waals surface area contributed by atoms with E-state index in [9.17, 15) is 10.5 Å². The fourth-order valence-electron chi connectivity index (χ4n) is 4.78. The van der Waals surface area contributed by atoms with Crippen molar-refractivity contribution in [3.8, 4) is 40.3 Å². The highest BCUT2D eigenvalue weighted by molar-refractivity contribution is 6.10. The molecule has 0 saturated heterocycles. The zero-order valence-electron chi connectivity index (χ0n) is 19.6. The van der Waals surface area contributed by atoms with Crippen molar-refractivity contribution in [3.05, 3.63) is 120 Å². The summed E-state index contributed by atoms with van der Waals surface area (Å²) in [4.78, 5) is 5.07. The van der Waals surface area contributed by atoms with E-state index >= 15 is 0 Å². The predicted molar refractivity (Wildman–Crippen MR) is 144 cm³/mol. The van der Waals surface area contributed by atoms with Gasteiger partial charge in [-0.15, -0.1) is 0 Å². The molecule has 168 valence electrons. The molecule has 0 aliphatic heterocycles. The number of fused-ring (bicyclic) bond motifs is 3. The van der Waals surface area contributed by atoms with E-state index in [0.717, 1.165) is 50.0 Å². The molecule has 0 bridgehead atoms. The van der Waals surface area contributed by atoms with Crippen LogP contribution in [0.1, 0.15) is 16.7 Å². The van der Waals surface area contributed by atoms with Crippen LogP contribution in [0.3, 0.4) is 0 Å². The topological polar surface area (TPSA) is 65.4 Å². The van der Waals surface area contributed by atoms with E-state index in [4.69, 9.17) is 4.98 Å². The quantitative estimate of drug-likeness (QED) is 0.274. The number of benzene rings is 4. The van der Waals surface area contributed by atoms with Crippen LogP contribution in [0.4, 0.5) is 0 Å². The molecule has 0 atom stereocenters. The first kappa shape index (κ1) is 21.4. The van der Waals surface area contributed by atoms with Gasteiger partial charge in [0.2, 0.25) is 0 Å². The molecule has 2 aromatic heterocycles. The summed E-state index contributed by atoms with van der Waals surface area (Å²) in [7, 11) is 0. The average Bonchev–Trinajstić information content (AvgIpc) is 3.26. The molecule has 0 spiro atoms. The SMILES string of the molecule is Cc1cc(-c2ccc(-c3ccccc3)cc2)nc(-n2c3ccc(C#N)cc3c3cc(C#N)ccc32)c1. The Balaban J connectivity index is 1.53. The number of nitriles is 2. The number of rotatable bonds is 3. The summed E-state index contributed by atoms with van der Waals surface area (Å²) >= 11 is 0. The molecule has 0 amide bonds. The van der Waals surface area contributed by atoms with Crippen molar-refractivity contribution >= 4 is 21.8 Å². The monoisotopic (exact) mass is 460 g/mol. The summed E-state index contributed by atoms with van der Waals surface area (Å²) in [6.45, 7) is 2.07. The molecule has 4 heteroatoms. The Hall–Kier alpha value is -5.19. The van der Waals surface area contributed by atoms with Gasteiger partial charge in [-0.2, -0.15) is 10.5 Å². The van der Waals surface area contributed by atoms with Crippen LogP contribution in [-0.4, -0.2) is 9.55 Å². The van der Waals surface area contributed by atoms with E-state index in [1.165, 1.54) is 5.56 Å². The third-order valence-corrected chi connectivity index (χ3v) is 6.50. The minimum absolute atomic E-state index is 0.584. The Morgan fingerprint density at radius 2 is 1.17 bits per heavy atom. The van der Waals surface area contributed by atoms with Crippen molar-refractivity contribution in [3.63, 3.8) is 0 Å². The van der Waals surface area contributed by atoms with Gasteiger partial charge in [0, 0.05) is 16.3 Å². The standard InChI is InChI=1S/C32H20N4/c1-21-15-29(26-11-9-25(10-12-26)24-5-3-2-4-6-24)35-32(16-21)36-30-13-7-22(19-33)17-27(30)28-18-23(20-34)8-14-31(28)36/h2-18H,1H3. The molecule has 36 heavy (non-hydrogen) atoms. The first-order valence-electron chi connectivity index (χ1n) is 11.7. The zero-order chi connectivity index (χ0) is 24.6. The molecule has 0 aliphatic rings. The van der Waals surface area contributed by atoms with Crippen molar-refractivity contribution in [1.29, 1.82) is 10.5 Å². The number of pyridine rings is 1. The molecule has 4 aromatic carbocycles. The predicted octanol–water partition coefficient (Wildman–Crippen LogP) is 7.56. The highest BCUT2D eigenvalue weighted by Gasteiger charge is 2.16. The van der Waals surface area contributed by atoms with E-state index in [1.54, 1.807) is 0 Å². The van der Waals surface area contributed by atoms with Crippen LogP contribution in [0.15, 0.2) is 103 Å². The lowest BCUT2D eigenvalue weighted by atomic mass is 10.0. The van der Waals surface area contributed by atoms with Crippen LogP contribution in [0.5, 0.6) is 0 Å². The molecule has 6 aromatic rings. The maximum atomic E-state index is 9.46. The smallest absolute Gasteiger partial charge is 0.138 e. The van der Waals surface area contributed by atoms with E-state index in [1.807, 2.05) is 54.6 Å². The maximum absolute atomic E-state index is 9.46. The van der Waals surface area contributed by atoms with Crippen molar-refractivity contribution in [2.45, 2.75) is 6.92 Å². The van der Waals surface area contributed by atoms with Crippen LogP contribution in [0.25, 0.3) is 50.0 Å². The van der Waals surface area contributed by atoms with Gasteiger partial charge in [-0.05, 0) is 72.1 Å². The molecule has 2 heterocycles. The Morgan fingerprint density at radius 1 is 0.611 bits per heavy atom. The molecule has 0 N–H and O–H groups in total. The fraction of sp³-hybridized carbons (Fsp3) is 0.0312. The summed E-state index contributed by atoms with van der Waals surface area (Å²) in [6, 6.07) is 38.7. The third kappa shape index (κ3) is 3.59. The summed E-state index contributed by atoms with van der Waals surface area (Å²) in [5.74, 6) is 0.798. The third-order valence-electron chi connectivity index (χ3n) is 6.50. The minimum atomic E-state index is 0.584. The van der Waals surface area contributed by atoms with Crippen LogP contribution < -0.4 is 0 Å². The number of hydrogen-bond donors (Lipinski definition) is 0. The second-order valence-corrected chi connectivity index (χ2v) is 8.85. The van der Waals surface area contributed by atoms with Crippen molar-refractivity contribution in [1.82, 2.24) is 9.55 Å². The van der Waals surface area contributed by atoms with Crippen molar-refractivity contribution in [2.75, 3.05) is 0 Å². The summed E-state index contributed by atoms with van der Waals surface area (Å²) in [5, 5.41) is 20.8. The van der Waals surface area contributed by atoms with Crippen molar-refractivity contribution in [2.24, 2.45) is 0 Å². The van der Waals surface area contributed by atoms with Gasteiger partial charge >= 0.3 is 0 Å². The number of aromatic nitrogens is 2. The second-order valence-electron chi connectivity index (χ2n) is 8.85. The molecule has 0 unspecified atom stereocenters. The van der Waals surface area contributed by atoms with Crippen LogP contribution in [0.2, 0.25) is 0 Å². The maximum Gasteiger partial charge on any atom is 0.138 e. The highest BCUT2D eigenvalue weighted by atomic mass is 15.1. The molecule has 0 radical (unpaired) electrons. The van der Waals surface area contributed by atoms with Crippen LogP contribution in [0, 0.1) is 29.6 Å². The lowest BCUT2D eigenvalue weighted by Gasteiger charge is -2.11. The Morgan fingerprint density at radius 3 is 1.75 bits per heavy atom. The lowest BCUT2D eigenvalue weighted by molar-refractivity contribution is 1.07. The largest absolute Gasteiger partial charge is 0.294 e. The average molecular weight is 461 g/mol. The Kier molecular flexibility index (Phi) is 5.07. The van der Waals surface area contributed by atoms with Gasteiger partial charge in [0.25, 0.3) is 0 Å². The molecular formula is C32H20N4. The lowest BCUT2D eigenvalue weighted by Crippen LogP contribution is -2.00. The summed E-state index contributed by atoms with van der Waals surface area (Å²) in [6.07, 6.45) is 0. The first-order valence-corrected chi connectivity index (χ1v) is 11.7. The molecule has 0 saturated carbocycles. The van der Waals surface area contributed by atoms with Gasteiger partial charge in [0.05, 0.1) is 40.0 Å². The van der Waals surface area contributed by atoms with Gasteiger partial charge in [-0.25, -0.2) is 4.98 Å². The van der Waals surface area contributed by atoms with Crippen LogP contribution >= 0.6 is 0 Å². The Bertz CT molecular complexity index is 1780. The summed E-state index contributed by atoms with van der Waals surface area (Å²) < 4.78 is 2.11. The molecule has 6 rings (SSSR count). The molecule has 4 nitrogen and oxygen atoms in total. The first-order chi connectivity index (χ1) is 17.6. The molecule has 0 fully saturated rings. The second kappa shape index (κ2) is 8.55. The number of hydrogen-bond acceptors (Lipinski definition) is 3. The summed E-state index contributed by atoms with van der Waals surface area (Å²) in [5.41, 5.74) is 8.43. The number of nitrogens with zero attached hydrogens (tertiary/aromatic N) is 4. The van der Waals surface area contributed by atoms with E-state index in [2.05, 4.69) is 72.2 Å². The van der Waals surface area contributed by atoms with Crippen LogP contribution in [-0.2, 0) is 0 Å². The zero-order valence-corrected chi connectivity index (χ0v) is 19.6. The van der Waals surface area contributed by atoms with Gasteiger partial charge in [0.15, 0.2) is 0 Å². The minimum Gasteiger partial charge on any atom is -0.294 e. The van der Waals surface area contributed by atoms with Gasteiger partial charge in [-0.3, -0.25) is 4.57 Å². The Labute approximate surface area is 208 Å². The molecular weight excluding hydrogens is 440 g/mol. The van der Waals surface area contributed by atoms with Gasteiger partial charge in [0.1, 0.15) is 5.82 Å². The van der Waals surface area contributed by atoms with Crippen molar-refractivity contribution < 1.29 is 0 Å². The number of aryl methyl sites for hydroxylation is 1. The fourth-order valence-corrected chi connectivity index (χ4v) is 4.78. The highest BCUT2D eigenvalue weighted by Crippen LogP contribution is 2.34. The molecule has 0 aliphatic carbocycles. The normalized spacial score (nSPS) is 10.9. The van der Waals surface area contributed by atoms with Gasteiger partial charge in [-0.1, -0.05) is 54.6 Å².